The van der Waals surface area contributed by atoms with Gasteiger partial charge in [0.15, 0.2) is 11.5 Å². The highest BCUT2D eigenvalue weighted by atomic mass is 35.5. The van der Waals surface area contributed by atoms with E-state index in [9.17, 15) is 0 Å². The summed E-state index contributed by atoms with van der Waals surface area (Å²) in [4.78, 5) is 4.35. The molecule has 0 saturated carbocycles. The van der Waals surface area contributed by atoms with Gasteiger partial charge in [0.1, 0.15) is 0 Å². The van der Waals surface area contributed by atoms with E-state index in [1.165, 1.54) is 0 Å². The zero-order valence-corrected chi connectivity index (χ0v) is 10.2. The van der Waals surface area contributed by atoms with Gasteiger partial charge >= 0.3 is 0 Å². The molecule has 0 amide bonds. The number of rotatable bonds is 2. The van der Waals surface area contributed by atoms with E-state index in [4.69, 9.17) is 21.1 Å². The summed E-state index contributed by atoms with van der Waals surface area (Å²) in [6.07, 6.45) is 1.75. The Morgan fingerprint density at radius 3 is 2.78 bits per heavy atom. The number of aliphatic imine (C=N–C) groups is 1. The highest BCUT2D eigenvalue weighted by Gasteiger charge is 2.12. The van der Waals surface area contributed by atoms with Crippen LogP contribution in [0.25, 0.3) is 0 Å². The van der Waals surface area contributed by atoms with Gasteiger partial charge in [-0.2, -0.15) is 0 Å². The highest BCUT2D eigenvalue weighted by molar-refractivity contribution is 6.33. The first-order chi connectivity index (χ1) is 8.83. The molecule has 18 heavy (non-hydrogen) atoms. The number of ether oxygens (including phenoxy) is 2. The van der Waals surface area contributed by atoms with Crippen LogP contribution in [0, 0.1) is 0 Å². The molecule has 0 radical (unpaired) electrons. The molecule has 0 unspecified atom stereocenters. The number of hydrogen-bond donors (Lipinski definition) is 0. The topological polar surface area (TPSA) is 30.8 Å². The molecule has 1 aliphatic heterocycles. The van der Waals surface area contributed by atoms with Crippen molar-refractivity contribution < 1.29 is 9.47 Å². The Bertz CT molecular complexity index is 610. The van der Waals surface area contributed by atoms with Crippen LogP contribution in [0.2, 0.25) is 5.02 Å². The number of hydrogen-bond acceptors (Lipinski definition) is 3. The molecule has 1 heterocycles. The smallest absolute Gasteiger partial charge is 0.231 e. The van der Waals surface area contributed by atoms with Crippen LogP contribution in [0.4, 0.5) is 5.69 Å². The maximum absolute atomic E-state index is 6.03. The Hall–Kier alpha value is -2.00. The molecule has 0 saturated heterocycles. The third kappa shape index (κ3) is 2.17. The summed E-state index contributed by atoms with van der Waals surface area (Å²) in [6.45, 7) is 0.278. The van der Waals surface area contributed by atoms with Crippen molar-refractivity contribution in [2.24, 2.45) is 4.99 Å². The zero-order valence-electron chi connectivity index (χ0n) is 9.47. The van der Waals surface area contributed by atoms with Crippen molar-refractivity contribution in [2.45, 2.75) is 0 Å². The van der Waals surface area contributed by atoms with Gasteiger partial charge in [-0.1, -0.05) is 23.7 Å². The molecule has 1 aliphatic rings. The van der Waals surface area contributed by atoms with Crippen LogP contribution in [0.1, 0.15) is 5.56 Å². The van der Waals surface area contributed by atoms with Crippen LogP contribution in [-0.2, 0) is 0 Å². The molecule has 4 heteroatoms. The van der Waals surface area contributed by atoms with E-state index >= 15 is 0 Å². The molecule has 0 fully saturated rings. The third-order valence-electron chi connectivity index (χ3n) is 2.60. The maximum atomic E-state index is 6.03. The van der Waals surface area contributed by atoms with Crippen molar-refractivity contribution in [1.82, 2.24) is 0 Å². The maximum Gasteiger partial charge on any atom is 0.231 e. The van der Waals surface area contributed by atoms with Crippen LogP contribution in [0.3, 0.4) is 0 Å². The predicted octanol–water partition coefficient (Wildman–Crippen LogP) is 3.82. The molecule has 0 aromatic heterocycles. The Morgan fingerprint density at radius 1 is 1.06 bits per heavy atom. The third-order valence-corrected chi connectivity index (χ3v) is 2.92. The predicted molar refractivity (Wildman–Crippen MR) is 71.3 cm³/mol. The average Bonchev–Trinajstić information content (AvgIpc) is 2.85. The first-order valence-corrected chi connectivity index (χ1v) is 5.89. The lowest BCUT2D eigenvalue weighted by Gasteiger charge is -1.98. The van der Waals surface area contributed by atoms with Gasteiger partial charge in [-0.25, -0.2) is 0 Å². The van der Waals surface area contributed by atoms with E-state index in [0.717, 1.165) is 22.7 Å². The fraction of sp³-hybridized carbons (Fsp3) is 0.0714. The quantitative estimate of drug-likeness (QED) is 0.768. The molecule has 0 bridgehead atoms. The summed E-state index contributed by atoms with van der Waals surface area (Å²) in [7, 11) is 0. The van der Waals surface area contributed by atoms with Crippen LogP contribution < -0.4 is 9.47 Å². The fourth-order valence-electron chi connectivity index (χ4n) is 1.69. The fourth-order valence-corrected chi connectivity index (χ4v) is 1.88. The van der Waals surface area contributed by atoms with E-state index < -0.39 is 0 Å². The Labute approximate surface area is 110 Å². The van der Waals surface area contributed by atoms with Gasteiger partial charge in [-0.15, -0.1) is 0 Å². The number of para-hydroxylation sites is 1. The first kappa shape index (κ1) is 11.1. The summed E-state index contributed by atoms with van der Waals surface area (Å²) in [5.41, 5.74) is 1.69. The van der Waals surface area contributed by atoms with Crippen molar-refractivity contribution in [1.29, 1.82) is 0 Å². The Morgan fingerprint density at radius 2 is 1.89 bits per heavy atom. The van der Waals surface area contributed by atoms with Gasteiger partial charge in [0.25, 0.3) is 0 Å². The molecule has 0 aliphatic carbocycles. The van der Waals surface area contributed by atoms with Crippen molar-refractivity contribution in [3.63, 3.8) is 0 Å². The van der Waals surface area contributed by atoms with Gasteiger partial charge in [0.05, 0.1) is 10.7 Å². The van der Waals surface area contributed by atoms with Crippen LogP contribution in [0.5, 0.6) is 11.5 Å². The Balaban J connectivity index is 1.87. The van der Waals surface area contributed by atoms with E-state index in [1.807, 2.05) is 42.5 Å². The Kier molecular flexibility index (Phi) is 2.90. The molecule has 3 nitrogen and oxygen atoms in total. The lowest BCUT2D eigenvalue weighted by atomic mass is 10.2. The summed E-state index contributed by atoms with van der Waals surface area (Å²) in [5, 5.41) is 0.634. The van der Waals surface area contributed by atoms with E-state index in [2.05, 4.69) is 4.99 Å². The number of nitrogens with zero attached hydrogens (tertiary/aromatic N) is 1. The van der Waals surface area contributed by atoms with Crippen molar-refractivity contribution >= 4 is 23.5 Å². The molecular weight excluding hydrogens is 250 g/mol. The summed E-state index contributed by atoms with van der Waals surface area (Å²) < 4.78 is 10.6. The second kappa shape index (κ2) is 4.70. The minimum atomic E-state index is 0.278. The minimum absolute atomic E-state index is 0.278. The van der Waals surface area contributed by atoms with Gasteiger partial charge in [0.2, 0.25) is 6.79 Å². The van der Waals surface area contributed by atoms with E-state index in [0.29, 0.717) is 5.02 Å². The monoisotopic (exact) mass is 259 g/mol. The lowest BCUT2D eigenvalue weighted by molar-refractivity contribution is 0.174. The van der Waals surface area contributed by atoms with E-state index in [-0.39, 0.29) is 6.79 Å². The van der Waals surface area contributed by atoms with Gasteiger partial charge in [-0.3, -0.25) is 4.99 Å². The molecule has 2 aromatic carbocycles. The van der Waals surface area contributed by atoms with Crippen LogP contribution in [-0.4, -0.2) is 13.0 Å². The van der Waals surface area contributed by atoms with Crippen molar-refractivity contribution in [3.8, 4) is 11.5 Å². The highest BCUT2D eigenvalue weighted by Crippen LogP contribution is 2.32. The second-order valence-electron chi connectivity index (χ2n) is 3.82. The average molecular weight is 260 g/mol. The largest absolute Gasteiger partial charge is 0.454 e. The normalized spacial score (nSPS) is 13.2. The first-order valence-electron chi connectivity index (χ1n) is 5.51. The molecule has 3 rings (SSSR count). The number of halogens is 1. The molecule has 2 aromatic rings. The summed E-state index contributed by atoms with van der Waals surface area (Å²) >= 11 is 6.03. The minimum Gasteiger partial charge on any atom is -0.454 e. The molecule has 0 spiro atoms. The van der Waals surface area contributed by atoms with Gasteiger partial charge in [-0.05, 0) is 35.9 Å². The van der Waals surface area contributed by atoms with E-state index in [1.54, 1.807) is 6.21 Å². The van der Waals surface area contributed by atoms with Crippen molar-refractivity contribution in [2.75, 3.05) is 6.79 Å². The standard InChI is InChI=1S/C14H10ClNO2/c15-11-3-1-2-4-12(11)16-8-10-5-6-13-14(7-10)18-9-17-13/h1-8H,9H2. The van der Waals surface area contributed by atoms with Gasteiger partial charge < -0.3 is 9.47 Å². The number of benzene rings is 2. The molecule has 0 N–H and O–H groups in total. The molecule has 90 valence electrons. The zero-order chi connectivity index (χ0) is 12.4. The summed E-state index contributed by atoms with van der Waals surface area (Å²) in [5.74, 6) is 1.52. The molecular formula is C14H10ClNO2. The lowest BCUT2D eigenvalue weighted by Crippen LogP contribution is -1.92. The van der Waals surface area contributed by atoms with Gasteiger partial charge in [0, 0.05) is 6.21 Å². The number of fused-ring (bicyclic) bond motifs is 1. The van der Waals surface area contributed by atoms with Crippen molar-refractivity contribution in [3.05, 3.63) is 53.1 Å². The van der Waals surface area contributed by atoms with Crippen LogP contribution >= 0.6 is 11.6 Å². The molecule has 0 atom stereocenters. The second-order valence-corrected chi connectivity index (χ2v) is 4.23. The SMILES string of the molecule is Clc1ccccc1N=Cc1ccc2c(c1)OCO2. The summed E-state index contributed by atoms with van der Waals surface area (Å²) in [6, 6.07) is 13.1. The van der Waals surface area contributed by atoms with Crippen LogP contribution in [0.15, 0.2) is 47.5 Å².